The van der Waals surface area contributed by atoms with Gasteiger partial charge in [0.15, 0.2) is 0 Å². The van der Waals surface area contributed by atoms with E-state index in [1.807, 2.05) is 13.8 Å². The molecule has 2 nitrogen and oxygen atoms in total. The van der Waals surface area contributed by atoms with E-state index < -0.39 is 6.10 Å². The maximum absolute atomic E-state index is 13.2. The molecule has 0 amide bonds. The highest BCUT2D eigenvalue weighted by atomic mass is 79.9. The van der Waals surface area contributed by atoms with Crippen LogP contribution in [-0.2, 0) is 6.42 Å². The predicted octanol–water partition coefficient (Wildman–Crippen LogP) is 3.61. The molecular formula is C15H23BrFNO. The SMILES string of the molecule is CCN(CC)C(C)(C)C(O)Cc1ccc(F)c(Br)c1. The van der Waals surface area contributed by atoms with Crippen LogP contribution in [0.5, 0.6) is 0 Å². The Morgan fingerprint density at radius 2 is 1.89 bits per heavy atom. The highest BCUT2D eigenvalue weighted by molar-refractivity contribution is 9.10. The van der Waals surface area contributed by atoms with E-state index in [4.69, 9.17) is 0 Å². The molecule has 0 saturated carbocycles. The Labute approximate surface area is 123 Å². The van der Waals surface area contributed by atoms with Gasteiger partial charge in [-0.3, -0.25) is 4.90 Å². The predicted molar refractivity (Wildman–Crippen MR) is 80.8 cm³/mol. The van der Waals surface area contributed by atoms with E-state index in [9.17, 15) is 9.50 Å². The summed E-state index contributed by atoms with van der Waals surface area (Å²) in [5.74, 6) is -0.277. The van der Waals surface area contributed by atoms with Gasteiger partial charge in [-0.2, -0.15) is 0 Å². The summed E-state index contributed by atoms with van der Waals surface area (Å²) in [5, 5.41) is 10.5. The molecule has 1 aromatic carbocycles. The smallest absolute Gasteiger partial charge is 0.137 e. The number of hydrogen-bond acceptors (Lipinski definition) is 2. The highest BCUT2D eigenvalue weighted by Crippen LogP contribution is 2.24. The summed E-state index contributed by atoms with van der Waals surface area (Å²) in [6.07, 6.45) is 0.0207. The third-order valence-corrected chi connectivity index (χ3v) is 4.41. The fraction of sp³-hybridized carbons (Fsp3) is 0.600. The molecule has 0 aromatic heterocycles. The number of hydrogen-bond donors (Lipinski definition) is 1. The first-order chi connectivity index (χ1) is 8.82. The van der Waals surface area contributed by atoms with Gasteiger partial charge in [-0.25, -0.2) is 4.39 Å². The number of halogens is 2. The van der Waals surface area contributed by atoms with Crippen LogP contribution in [0.2, 0.25) is 0 Å². The van der Waals surface area contributed by atoms with Crippen molar-refractivity contribution in [2.75, 3.05) is 13.1 Å². The number of benzene rings is 1. The van der Waals surface area contributed by atoms with Crippen molar-refractivity contribution >= 4 is 15.9 Å². The first-order valence-corrected chi connectivity index (χ1v) is 7.49. The van der Waals surface area contributed by atoms with Gasteiger partial charge in [0.1, 0.15) is 5.82 Å². The number of aliphatic hydroxyl groups excluding tert-OH is 1. The van der Waals surface area contributed by atoms with Crippen molar-refractivity contribution in [2.45, 2.75) is 45.8 Å². The third kappa shape index (κ3) is 4.01. The summed E-state index contributed by atoms with van der Waals surface area (Å²) in [4.78, 5) is 2.23. The van der Waals surface area contributed by atoms with Gasteiger partial charge in [0, 0.05) is 12.0 Å². The van der Waals surface area contributed by atoms with E-state index in [-0.39, 0.29) is 11.4 Å². The van der Waals surface area contributed by atoms with E-state index >= 15 is 0 Å². The van der Waals surface area contributed by atoms with Gasteiger partial charge in [-0.05, 0) is 60.6 Å². The topological polar surface area (TPSA) is 23.5 Å². The van der Waals surface area contributed by atoms with Crippen LogP contribution >= 0.6 is 15.9 Å². The molecular weight excluding hydrogens is 309 g/mol. The van der Waals surface area contributed by atoms with Gasteiger partial charge in [-0.15, -0.1) is 0 Å². The van der Waals surface area contributed by atoms with E-state index in [0.717, 1.165) is 18.7 Å². The van der Waals surface area contributed by atoms with Gasteiger partial charge in [0.2, 0.25) is 0 Å². The minimum absolute atomic E-state index is 0.277. The van der Waals surface area contributed by atoms with Crippen LogP contribution in [-0.4, -0.2) is 34.7 Å². The fourth-order valence-corrected chi connectivity index (χ4v) is 2.82. The molecule has 0 aliphatic rings. The van der Waals surface area contributed by atoms with Gasteiger partial charge in [0.05, 0.1) is 10.6 Å². The molecule has 1 unspecified atom stereocenters. The Morgan fingerprint density at radius 1 is 1.32 bits per heavy atom. The van der Waals surface area contributed by atoms with Crippen molar-refractivity contribution in [2.24, 2.45) is 0 Å². The first kappa shape index (κ1) is 16.6. The second-order valence-corrected chi connectivity index (χ2v) is 6.15. The molecule has 108 valence electrons. The van der Waals surface area contributed by atoms with E-state index in [1.54, 1.807) is 12.1 Å². The molecule has 19 heavy (non-hydrogen) atoms. The van der Waals surface area contributed by atoms with Crippen LogP contribution in [0.1, 0.15) is 33.3 Å². The summed E-state index contributed by atoms with van der Waals surface area (Å²) in [5.41, 5.74) is 0.630. The van der Waals surface area contributed by atoms with Crippen molar-refractivity contribution in [1.82, 2.24) is 4.90 Å². The van der Waals surface area contributed by atoms with Crippen LogP contribution in [0.15, 0.2) is 22.7 Å². The van der Waals surface area contributed by atoms with E-state index in [2.05, 4.69) is 34.7 Å². The first-order valence-electron chi connectivity index (χ1n) is 6.69. The number of aliphatic hydroxyl groups is 1. The summed E-state index contributed by atoms with van der Waals surface area (Å²) < 4.78 is 13.6. The van der Waals surface area contributed by atoms with Crippen LogP contribution in [0, 0.1) is 5.82 Å². The minimum Gasteiger partial charge on any atom is -0.391 e. The number of nitrogens with zero attached hydrogens (tertiary/aromatic N) is 1. The lowest BCUT2D eigenvalue weighted by Crippen LogP contribution is -2.53. The lowest BCUT2D eigenvalue weighted by molar-refractivity contribution is -0.00416. The molecule has 0 aliphatic carbocycles. The molecule has 0 aliphatic heterocycles. The van der Waals surface area contributed by atoms with Crippen LogP contribution < -0.4 is 0 Å². The average molecular weight is 332 g/mol. The van der Waals surface area contributed by atoms with E-state index in [0.29, 0.717) is 10.9 Å². The number of rotatable bonds is 6. The standard InChI is InChI=1S/C15H23BrFNO/c1-5-18(6-2)15(3,4)14(19)10-11-7-8-13(17)12(16)9-11/h7-9,14,19H,5-6,10H2,1-4H3. The monoisotopic (exact) mass is 331 g/mol. The van der Waals surface area contributed by atoms with Gasteiger partial charge >= 0.3 is 0 Å². The normalized spacial score (nSPS) is 13.9. The van der Waals surface area contributed by atoms with Gasteiger partial charge in [-0.1, -0.05) is 19.9 Å². The average Bonchev–Trinajstić information content (AvgIpc) is 2.35. The Kier molecular flexibility index (Phi) is 5.96. The zero-order chi connectivity index (χ0) is 14.6. The van der Waals surface area contributed by atoms with Crippen LogP contribution in [0.4, 0.5) is 4.39 Å². The van der Waals surface area contributed by atoms with Crippen molar-refractivity contribution in [3.8, 4) is 0 Å². The molecule has 1 aromatic rings. The second kappa shape index (κ2) is 6.82. The molecule has 1 atom stereocenters. The third-order valence-electron chi connectivity index (χ3n) is 3.81. The summed E-state index contributed by atoms with van der Waals surface area (Å²) in [6, 6.07) is 4.88. The fourth-order valence-electron chi connectivity index (χ4n) is 2.39. The van der Waals surface area contributed by atoms with Crippen LogP contribution in [0.25, 0.3) is 0 Å². The molecule has 4 heteroatoms. The van der Waals surface area contributed by atoms with Crippen LogP contribution in [0.3, 0.4) is 0 Å². The van der Waals surface area contributed by atoms with Crippen molar-refractivity contribution in [3.63, 3.8) is 0 Å². The minimum atomic E-state index is -0.496. The Balaban J connectivity index is 2.83. The lowest BCUT2D eigenvalue weighted by Gasteiger charge is -2.41. The molecule has 1 rings (SSSR count). The van der Waals surface area contributed by atoms with Gasteiger partial charge < -0.3 is 5.11 Å². The molecule has 0 fully saturated rings. The quantitative estimate of drug-likeness (QED) is 0.860. The molecule has 0 radical (unpaired) electrons. The molecule has 0 heterocycles. The Bertz CT molecular complexity index is 419. The summed E-state index contributed by atoms with van der Waals surface area (Å²) in [6.45, 7) is 10.1. The second-order valence-electron chi connectivity index (χ2n) is 5.29. The Hall–Kier alpha value is -0.450. The lowest BCUT2D eigenvalue weighted by atomic mass is 9.90. The maximum Gasteiger partial charge on any atom is 0.137 e. The molecule has 0 bridgehead atoms. The maximum atomic E-state index is 13.2. The van der Waals surface area contributed by atoms with Crippen molar-refractivity contribution < 1.29 is 9.50 Å². The zero-order valence-corrected chi connectivity index (χ0v) is 13.7. The molecule has 1 N–H and O–H groups in total. The van der Waals surface area contributed by atoms with E-state index in [1.165, 1.54) is 6.07 Å². The highest BCUT2D eigenvalue weighted by Gasteiger charge is 2.32. The van der Waals surface area contributed by atoms with Gasteiger partial charge in [0.25, 0.3) is 0 Å². The zero-order valence-electron chi connectivity index (χ0n) is 12.1. The Morgan fingerprint density at radius 3 is 2.37 bits per heavy atom. The number of likely N-dealkylation sites (N-methyl/N-ethyl adjacent to an activating group) is 1. The summed E-state index contributed by atoms with van der Waals surface area (Å²) in [7, 11) is 0. The molecule has 0 saturated heterocycles. The largest absolute Gasteiger partial charge is 0.391 e. The summed E-state index contributed by atoms with van der Waals surface area (Å²) >= 11 is 3.18. The van der Waals surface area contributed by atoms with Crippen molar-refractivity contribution in [3.05, 3.63) is 34.1 Å². The van der Waals surface area contributed by atoms with Crippen molar-refractivity contribution in [1.29, 1.82) is 0 Å². The molecule has 0 spiro atoms.